The molecule has 1 saturated heterocycles. The molecule has 6 aliphatic rings. The quantitative estimate of drug-likeness (QED) is 0.253. The Morgan fingerprint density at radius 3 is 2.30 bits per heavy atom. The van der Waals surface area contributed by atoms with Gasteiger partial charge in [0, 0.05) is 68.9 Å². The lowest BCUT2D eigenvalue weighted by molar-refractivity contribution is -0.333. The van der Waals surface area contributed by atoms with Crippen molar-refractivity contribution in [3.63, 3.8) is 0 Å². The number of aliphatic hydroxyl groups is 3. The number of hydrogen-bond acceptors (Lipinski definition) is 10. The monoisotopic (exact) mass is 757 g/mol. The summed E-state index contributed by atoms with van der Waals surface area (Å²) in [6.07, 6.45) is 1.56. The van der Waals surface area contributed by atoms with E-state index in [-0.39, 0.29) is 65.1 Å². The predicted octanol–water partition coefficient (Wildman–Crippen LogP) is 4.50. The third-order valence-corrected chi connectivity index (χ3v) is 16.9. The van der Waals surface area contributed by atoms with E-state index < -0.39 is 50.0 Å². The number of sulfone groups is 1. The highest BCUT2D eigenvalue weighted by atomic mass is 32.2. The van der Waals surface area contributed by atoms with Gasteiger partial charge in [-0.2, -0.15) is 0 Å². The number of benzene rings is 3. The van der Waals surface area contributed by atoms with Gasteiger partial charge in [0.25, 0.3) is 0 Å². The summed E-state index contributed by atoms with van der Waals surface area (Å²) in [7, 11) is -0.575. The van der Waals surface area contributed by atoms with Crippen LogP contribution >= 0.6 is 0 Å². The number of carbonyl (C=O) groups excluding carboxylic acids is 1. The van der Waals surface area contributed by atoms with Crippen molar-refractivity contribution in [3.8, 4) is 11.1 Å². The summed E-state index contributed by atoms with van der Waals surface area (Å²) in [4.78, 5) is 17.1. The average molecular weight is 758 g/mol. The lowest BCUT2D eigenvalue weighted by atomic mass is 9.42. The maximum absolute atomic E-state index is 14.6. The second-order valence-electron chi connectivity index (χ2n) is 16.9. The molecule has 10 nitrogen and oxygen atoms in total. The van der Waals surface area contributed by atoms with Crippen molar-refractivity contribution in [2.75, 3.05) is 33.9 Å². The van der Waals surface area contributed by atoms with E-state index in [4.69, 9.17) is 14.2 Å². The normalized spacial score (nSPS) is 40.4. The molecule has 0 aromatic heterocycles. The number of likely N-dealkylation sites (N-methyl/N-ethyl adjacent to an activating group) is 1. The highest BCUT2D eigenvalue weighted by Crippen LogP contribution is 2.80. The molecule has 3 aromatic carbocycles. The number of methoxy groups -OCH3 is 2. The zero-order valence-electron chi connectivity index (χ0n) is 31.1. The van der Waals surface area contributed by atoms with Gasteiger partial charge in [-0.3, -0.25) is 4.90 Å². The Hall–Kier alpha value is -3.16. The van der Waals surface area contributed by atoms with Crippen molar-refractivity contribution >= 4 is 15.8 Å². The van der Waals surface area contributed by atoms with E-state index in [2.05, 4.69) is 11.8 Å². The molecule has 9 rings (SSSR count). The molecular weight excluding hydrogens is 707 g/mol. The molecule has 54 heavy (non-hydrogen) atoms. The van der Waals surface area contributed by atoms with Gasteiger partial charge in [0.2, 0.25) is 0 Å². The van der Waals surface area contributed by atoms with Crippen LogP contribution in [0.15, 0.2) is 83.8 Å². The largest absolute Gasteiger partial charge is 0.454 e. The van der Waals surface area contributed by atoms with E-state index in [1.165, 1.54) is 0 Å². The van der Waals surface area contributed by atoms with Gasteiger partial charge in [0.15, 0.2) is 9.84 Å². The fourth-order valence-corrected chi connectivity index (χ4v) is 14.8. The van der Waals surface area contributed by atoms with Crippen LogP contribution in [0.4, 0.5) is 0 Å². The van der Waals surface area contributed by atoms with Crippen LogP contribution in [0.25, 0.3) is 11.1 Å². The molecule has 0 radical (unpaired) electrons. The van der Waals surface area contributed by atoms with Gasteiger partial charge >= 0.3 is 5.97 Å². The molecule has 0 amide bonds. The molecule has 1 aliphatic heterocycles. The van der Waals surface area contributed by atoms with E-state index in [0.717, 1.165) is 11.1 Å². The zero-order valence-corrected chi connectivity index (χ0v) is 32.0. The standard InChI is InChI=1S/C43H51NO9S/c1-4-44-25-40(53-39(46)31-13-9-8-12-28(31)24-54(49,50)30-16-14-27(15-17-30)26-10-6-5-7-11-26)19-18-29(23-45)42-35(40)21-33(37(42)44)41(47)22-34(51-2)32-20-36(42)43(41,48)38(32)52-3/h5-17,29,32-38,45,47-48H,4,18-25H2,1-3H3/t29-,32-,33+,34+,35?,36?,37?,38+,40-,41+,42+,43+/m1/s1. The van der Waals surface area contributed by atoms with Crippen LogP contribution < -0.4 is 0 Å². The zero-order chi connectivity index (χ0) is 37.8. The molecule has 1 heterocycles. The number of hydrogen-bond donors (Lipinski definition) is 3. The first-order valence-electron chi connectivity index (χ1n) is 19.5. The number of aliphatic hydroxyl groups excluding tert-OH is 1. The molecule has 3 N–H and O–H groups in total. The minimum atomic E-state index is -3.83. The van der Waals surface area contributed by atoms with Crippen molar-refractivity contribution in [1.82, 2.24) is 4.90 Å². The summed E-state index contributed by atoms with van der Waals surface area (Å²) >= 11 is 0. The van der Waals surface area contributed by atoms with Crippen LogP contribution in [-0.4, -0.2) is 104 Å². The van der Waals surface area contributed by atoms with Crippen LogP contribution in [0.2, 0.25) is 0 Å². The molecule has 5 aliphatic carbocycles. The number of carbonyl (C=O) groups is 1. The Morgan fingerprint density at radius 1 is 0.907 bits per heavy atom. The molecule has 1 spiro atoms. The summed E-state index contributed by atoms with van der Waals surface area (Å²) in [6.45, 7) is 3.10. The SMILES string of the molecule is CCN1C[C@]2(OC(=O)c3ccccc3CS(=O)(=O)c3ccc(-c4ccccc4)cc3)CC[C@H](CO)[C@]34C1[C@H](CC23)[C@@]1(O)C[C@H](OC)[C@H]2CC4[C@]1(O)[C@H]2OC. The van der Waals surface area contributed by atoms with E-state index in [9.17, 15) is 28.5 Å². The number of esters is 1. The Labute approximate surface area is 317 Å². The Balaban J connectivity index is 1.07. The first kappa shape index (κ1) is 36.5. The van der Waals surface area contributed by atoms with Crippen LogP contribution in [-0.2, 0) is 29.8 Å². The third-order valence-electron chi connectivity index (χ3n) is 15.3. The Kier molecular flexibility index (Phi) is 8.56. The minimum absolute atomic E-state index is 0.0741. The van der Waals surface area contributed by atoms with Gasteiger partial charge in [-0.05, 0) is 73.0 Å². The van der Waals surface area contributed by atoms with E-state index >= 15 is 0 Å². The molecule has 12 atom stereocenters. The van der Waals surface area contributed by atoms with E-state index in [1.54, 1.807) is 62.8 Å². The average Bonchev–Trinajstić information content (AvgIpc) is 3.61. The van der Waals surface area contributed by atoms with Crippen LogP contribution in [0.3, 0.4) is 0 Å². The van der Waals surface area contributed by atoms with Crippen molar-refractivity contribution in [2.24, 2.45) is 35.0 Å². The maximum atomic E-state index is 14.6. The summed E-state index contributed by atoms with van der Waals surface area (Å²) in [5.41, 5.74) is -2.23. The minimum Gasteiger partial charge on any atom is -0.454 e. The fraction of sp³-hybridized carbons (Fsp3) is 0.558. The van der Waals surface area contributed by atoms with Gasteiger partial charge in [0.1, 0.15) is 16.8 Å². The Morgan fingerprint density at radius 2 is 1.61 bits per heavy atom. The van der Waals surface area contributed by atoms with Crippen LogP contribution in [0.1, 0.15) is 54.9 Å². The number of rotatable bonds is 10. The molecule has 7 bridgehead atoms. The Bertz CT molecular complexity index is 2040. The summed E-state index contributed by atoms with van der Waals surface area (Å²) in [6, 6.07) is 23.2. The molecule has 3 unspecified atom stereocenters. The van der Waals surface area contributed by atoms with Gasteiger partial charge in [-0.15, -0.1) is 0 Å². The number of ether oxygens (including phenoxy) is 3. The second-order valence-corrected chi connectivity index (χ2v) is 18.9. The van der Waals surface area contributed by atoms with Gasteiger partial charge < -0.3 is 29.5 Å². The van der Waals surface area contributed by atoms with Gasteiger partial charge in [0.05, 0.1) is 28.4 Å². The third kappa shape index (κ3) is 4.66. The maximum Gasteiger partial charge on any atom is 0.339 e. The van der Waals surface area contributed by atoms with Gasteiger partial charge in [-0.1, -0.05) is 67.6 Å². The molecule has 6 fully saturated rings. The first-order chi connectivity index (χ1) is 25.9. The summed E-state index contributed by atoms with van der Waals surface area (Å²) in [5, 5.41) is 37.1. The van der Waals surface area contributed by atoms with Crippen LogP contribution in [0, 0.1) is 35.0 Å². The molecule has 11 heteroatoms. The van der Waals surface area contributed by atoms with Crippen molar-refractivity contribution < 1.29 is 42.7 Å². The van der Waals surface area contributed by atoms with Crippen LogP contribution in [0.5, 0.6) is 0 Å². The molecule has 5 saturated carbocycles. The topological polar surface area (TPSA) is 143 Å². The molecule has 288 valence electrons. The lowest BCUT2D eigenvalue weighted by Gasteiger charge is -2.71. The van der Waals surface area contributed by atoms with Crippen molar-refractivity contribution in [2.45, 2.75) is 84.7 Å². The second kappa shape index (κ2) is 12.7. The lowest BCUT2D eigenvalue weighted by Crippen LogP contribution is -2.82. The number of likely N-dealkylation sites (tertiary alicyclic amines) is 1. The molecular formula is C43H51NO9S. The molecule has 3 aromatic rings. The van der Waals surface area contributed by atoms with E-state index in [1.807, 2.05) is 30.3 Å². The highest BCUT2D eigenvalue weighted by Gasteiger charge is 2.88. The number of piperidine rings is 1. The van der Waals surface area contributed by atoms with Crippen molar-refractivity contribution in [3.05, 3.63) is 90.0 Å². The van der Waals surface area contributed by atoms with E-state index in [0.29, 0.717) is 44.3 Å². The van der Waals surface area contributed by atoms with Crippen molar-refractivity contribution in [1.29, 1.82) is 0 Å². The summed E-state index contributed by atoms with van der Waals surface area (Å²) < 4.78 is 46.6. The predicted molar refractivity (Wildman–Crippen MR) is 200 cm³/mol. The summed E-state index contributed by atoms with van der Waals surface area (Å²) in [5.74, 6) is -2.29. The smallest absolute Gasteiger partial charge is 0.339 e. The highest BCUT2D eigenvalue weighted by molar-refractivity contribution is 7.90. The number of nitrogens with zero attached hydrogens (tertiary/aromatic N) is 1. The number of fused-ring (bicyclic) bond motifs is 2. The van der Waals surface area contributed by atoms with Gasteiger partial charge in [-0.25, -0.2) is 13.2 Å². The first-order valence-corrected chi connectivity index (χ1v) is 21.1. The fourth-order valence-electron chi connectivity index (χ4n) is 13.4.